The third-order valence-corrected chi connectivity index (χ3v) is 5.31. The standard InChI is InChI=1S/C15H15Cl2NO2S2/c1-9(19)13(15(21-2)22-3)14(20)18-7-6-10-4-5-11(16)8-12(10)17/h4-8H,1-3H3,(H,18,20)/b7-6+. The van der Waals surface area contributed by atoms with Gasteiger partial charge in [0.1, 0.15) is 5.57 Å². The number of thioether (sulfide) groups is 2. The van der Waals surface area contributed by atoms with Gasteiger partial charge in [0.25, 0.3) is 5.91 Å². The third kappa shape index (κ3) is 5.39. The van der Waals surface area contributed by atoms with Gasteiger partial charge >= 0.3 is 0 Å². The lowest BCUT2D eigenvalue weighted by molar-refractivity contribution is -0.121. The van der Waals surface area contributed by atoms with E-state index in [2.05, 4.69) is 5.32 Å². The van der Waals surface area contributed by atoms with E-state index >= 15 is 0 Å². The van der Waals surface area contributed by atoms with E-state index in [0.29, 0.717) is 14.3 Å². The van der Waals surface area contributed by atoms with Crippen LogP contribution in [0.5, 0.6) is 0 Å². The van der Waals surface area contributed by atoms with E-state index in [1.807, 2.05) is 12.5 Å². The van der Waals surface area contributed by atoms with Gasteiger partial charge in [-0.1, -0.05) is 29.3 Å². The van der Waals surface area contributed by atoms with Crippen molar-refractivity contribution in [2.75, 3.05) is 12.5 Å². The van der Waals surface area contributed by atoms with Gasteiger partial charge in [0, 0.05) is 16.2 Å². The number of amides is 1. The minimum absolute atomic E-state index is 0.159. The van der Waals surface area contributed by atoms with Gasteiger partial charge < -0.3 is 5.32 Å². The summed E-state index contributed by atoms with van der Waals surface area (Å²) in [6.45, 7) is 1.38. The average Bonchev–Trinajstić information content (AvgIpc) is 2.46. The molecule has 0 radical (unpaired) electrons. The van der Waals surface area contributed by atoms with Crippen molar-refractivity contribution in [1.29, 1.82) is 0 Å². The SMILES string of the molecule is CSC(SC)=C(C(C)=O)C(=O)N/C=C/c1ccc(Cl)cc1Cl. The number of carbonyl (C=O) groups excluding carboxylic acids is 2. The Hall–Kier alpha value is -0.880. The maximum Gasteiger partial charge on any atom is 0.260 e. The van der Waals surface area contributed by atoms with E-state index in [4.69, 9.17) is 23.2 Å². The zero-order valence-electron chi connectivity index (χ0n) is 12.3. The van der Waals surface area contributed by atoms with Crippen molar-refractivity contribution in [3.05, 3.63) is 49.8 Å². The maximum absolute atomic E-state index is 12.2. The van der Waals surface area contributed by atoms with Crippen LogP contribution in [0, 0.1) is 0 Å². The van der Waals surface area contributed by atoms with Crippen molar-refractivity contribution in [2.45, 2.75) is 6.92 Å². The van der Waals surface area contributed by atoms with E-state index < -0.39 is 5.91 Å². The molecule has 0 aliphatic heterocycles. The number of hydrogen-bond acceptors (Lipinski definition) is 4. The predicted molar refractivity (Wildman–Crippen MR) is 98.4 cm³/mol. The molecule has 0 aliphatic carbocycles. The molecule has 0 aliphatic rings. The number of hydrogen-bond donors (Lipinski definition) is 1. The van der Waals surface area contributed by atoms with Gasteiger partial charge in [0.15, 0.2) is 5.78 Å². The first-order valence-electron chi connectivity index (χ1n) is 6.16. The summed E-state index contributed by atoms with van der Waals surface area (Å²) in [5.74, 6) is -0.707. The largest absolute Gasteiger partial charge is 0.328 e. The normalized spacial score (nSPS) is 10.6. The van der Waals surface area contributed by atoms with Crippen molar-refractivity contribution in [3.63, 3.8) is 0 Å². The quantitative estimate of drug-likeness (QED) is 0.448. The van der Waals surface area contributed by atoms with E-state index in [0.717, 1.165) is 5.56 Å². The minimum Gasteiger partial charge on any atom is -0.328 e. The first-order valence-corrected chi connectivity index (χ1v) is 9.37. The molecule has 118 valence electrons. The Bertz CT molecular complexity index is 636. The molecule has 1 amide bonds. The lowest BCUT2D eigenvalue weighted by atomic mass is 10.2. The highest BCUT2D eigenvalue weighted by molar-refractivity contribution is 8.21. The number of rotatable bonds is 6. The molecule has 1 N–H and O–H groups in total. The molecule has 1 rings (SSSR count). The van der Waals surface area contributed by atoms with Crippen LogP contribution in [0.3, 0.4) is 0 Å². The van der Waals surface area contributed by atoms with Crippen molar-refractivity contribution >= 4 is 64.5 Å². The predicted octanol–water partition coefficient (Wildman–Crippen LogP) is 4.61. The highest BCUT2D eigenvalue weighted by Crippen LogP contribution is 2.28. The van der Waals surface area contributed by atoms with Crippen molar-refractivity contribution in [3.8, 4) is 0 Å². The van der Waals surface area contributed by atoms with Gasteiger partial charge in [-0.25, -0.2) is 0 Å². The third-order valence-electron chi connectivity index (χ3n) is 2.59. The van der Waals surface area contributed by atoms with Gasteiger partial charge in [0.05, 0.1) is 4.24 Å². The summed E-state index contributed by atoms with van der Waals surface area (Å²) in [7, 11) is 0. The van der Waals surface area contributed by atoms with Gasteiger partial charge in [-0.15, -0.1) is 23.5 Å². The molecule has 0 spiro atoms. The van der Waals surface area contributed by atoms with Crippen molar-refractivity contribution in [2.24, 2.45) is 0 Å². The molecule has 1 aromatic carbocycles. The Morgan fingerprint density at radius 1 is 1.18 bits per heavy atom. The van der Waals surface area contributed by atoms with Crippen LogP contribution in [0.1, 0.15) is 12.5 Å². The second-order valence-electron chi connectivity index (χ2n) is 4.10. The van der Waals surface area contributed by atoms with Gasteiger partial charge in [-0.05, 0) is 43.2 Å². The highest BCUT2D eigenvalue weighted by atomic mass is 35.5. The zero-order chi connectivity index (χ0) is 16.7. The van der Waals surface area contributed by atoms with Crippen LogP contribution in [0.25, 0.3) is 6.08 Å². The maximum atomic E-state index is 12.2. The van der Waals surface area contributed by atoms with E-state index in [9.17, 15) is 9.59 Å². The average molecular weight is 376 g/mol. The number of nitrogens with one attached hydrogen (secondary N) is 1. The summed E-state index contributed by atoms with van der Waals surface area (Å²) in [5, 5.41) is 3.61. The van der Waals surface area contributed by atoms with Gasteiger partial charge in [-0.3, -0.25) is 9.59 Å². The molecule has 0 unspecified atom stereocenters. The number of ketones is 1. The molecule has 1 aromatic rings. The minimum atomic E-state index is -0.437. The smallest absolute Gasteiger partial charge is 0.260 e. The van der Waals surface area contributed by atoms with Crippen molar-refractivity contribution in [1.82, 2.24) is 5.32 Å². The summed E-state index contributed by atoms with van der Waals surface area (Å²) >= 11 is 14.6. The summed E-state index contributed by atoms with van der Waals surface area (Å²) in [6, 6.07) is 5.06. The van der Waals surface area contributed by atoms with Gasteiger partial charge in [-0.2, -0.15) is 0 Å². The summed E-state index contributed by atoms with van der Waals surface area (Å²) < 4.78 is 0.683. The van der Waals surface area contributed by atoms with Crippen LogP contribution in [0.4, 0.5) is 0 Å². The molecular weight excluding hydrogens is 361 g/mol. The molecule has 22 heavy (non-hydrogen) atoms. The van der Waals surface area contributed by atoms with Crippen LogP contribution in [-0.4, -0.2) is 24.2 Å². The highest BCUT2D eigenvalue weighted by Gasteiger charge is 2.18. The first-order chi connectivity index (χ1) is 10.4. The summed E-state index contributed by atoms with van der Waals surface area (Å²) in [5.41, 5.74) is 0.876. The molecule has 0 heterocycles. The molecule has 3 nitrogen and oxygen atoms in total. The van der Waals surface area contributed by atoms with Crippen LogP contribution in [0.15, 0.2) is 34.2 Å². The van der Waals surface area contributed by atoms with Gasteiger partial charge in [0.2, 0.25) is 0 Å². The van der Waals surface area contributed by atoms with E-state index in [-0.39, 0.29) is 11.4 Å². The van der Waals surface area contributed by atoms with Crippen LogP contribution in [-0.2, 0) is 9.59 Å². The Kier molecular flexibility index (Phi) is 8.10. The second-order valence-corrected chi connectivity index (χ2v) is 6.83. The summed E-state index contributed by atoms with van der Waals surface area (Å²) in [6.07, 6.45) is 6.75. The number of halogens is 2. The molecule has 0 atom stereocenters. The Labute approximate surface area is 148 Å². The first kappa shape index (κ1) is 19.2. The summed E-state index contributed by atoms with van der Waals surface area (Å²) in [4.78, 5) is 23.8. The number of carbonyl (C=O) groups is 2. The fourth-order valence-electron chi connectivity index (χ4n) is 1.60. The van der Waals surface area contributed by atoms with E-state index in [1.165, 1.54) is 36.6 Å². The Morgan fingerprint density at radius 2 is 1.82 bits per heavy atom. The molecular formula is C15H15Cl2NO2S2. The van der Waals surface area contributed by atoms with Crippen LogP contribution < -0.4 is 5.32 Å². The monoisotopic (exact) mass is 375 g/mol. The fraction of sp³-hybridized carbons (Fsp3) is 0.200. The van der Waals surface area contributed by atoms with E-state index in [1.54, 1.807) is 24.3 Å². The lowest BCUT2D eigenvalue weighted by Crippen LogP contribution is -2.23. The molecule has 0 aromatic heterocycles. The lowest BCUT2D eigenvalue weighted by Gasteiger charge is -2.07. The fourth-order valence-corrected chi connectivity index (χ4v) is 3.62. The topological polar surface area (TPSA) is 46.2 Å². The molecule has 0 bridgehead atoms. The van der Waals surface area contributed by atoms with Crippen LogP contribution in [0.2, 0.25) is 10.0 Å². The number of benzene rings is 1. The Balaban J connectivity index is 2.90. The van der Waals surface area contributed by atoms with Crippen molar-refractivity contribution < 1.29 is 9.59 Å². The number of Topliss-reactive ketones (excluding diaryl/α,β-unsaturated/α-hetero) is 1. The molecule has 7 heteroatoms. The Morgan fingerprint density at radius 3 is 2.32 bits per heavy atom. The second kappa shape index (κ2) is 9.30. The molecule has 0 fully saturated rings. The van der Waals surface area contributed by atoms with Crippen LogP contribution >= 0.6 is 46.7 Å². The zero-order valence-corrected chi connectivity index (χ0v) is 15.4. The molecule has 0 saturated heterocycles. The molecule has 0 saturated carbocycles.